The average molecular weight is 236 g/mol. The van der Waals surface area contributed by atoms with Gasteiger partial charge in [0.2, 0.25) is 0 Å². The van der Waals surface area contributed by atoms with Crippen LogP contribution in [0.25, 0.3) is 0 Å². The summed E-state index contributed by atoms with van der Waals surface area (Å²) in [7, 11) is 0. The van der Waals surface area contributed by atoms with Gasteiger partial charge in [-0.05, 0) is 37.1 Å². The minimum absolute atomic E-state index is 0.0545. The summed E-state index contributed by atoms with van der Waals surface area (Å²) in [6, 6.07) is 7.38. The van der Waals surface area contributed by atoms with Gasteiger partial charge in [-0.15, -0.1) is 0 Å². The van der Waals surface area contributed by atoms with Crippen molar-refractivity contribution in [3.8, 4) is 11.5 Å². The van der Waals surface area contributed by atoms with Gasteiger partial charge in [-0.2, -0.15) is 0 Å². The van der Waals surface area contributed by atoms with Crippen LogP contribution >= 0.6 is 0 Å². The summed E-state index contributed by atoms with van der Waals surface area (Å²) in [5.74, 6) is 1.59. The van der Waals surface area contributed by atoms with Crippen molar-refractivity contribution in [3.63, 3.8) is 0 Å². The molecule has 0 bridgehead atoms. The third kappa shape index (κ3) is 4.34. The molecule has 1 rings (SSSR count). The van der Waals surface area contributed by atoms with Crippen molar-refractivity contribution in [1.82, 2.24) is 0 Å². The van der Waals surface area contributed by atoms with E-state index in [-0.39, 0.29) is 11.9 Å². The molecule has 0 aliphatic heterocycles. The maximum atomic E-state index is 7.36. The van der Waals surface area contributed by atoms with Crippen LogP contribution in [0.15, 0.2) is 24.3 Å². The largest absolute Gasteiger partial charge is 0.494 e. The standard InChI is InChI=1S/C13H20N2O2/c1-3-9-16-10-5-7-11(8-6-10)17-12(4-2)13(14)15/h5-8,12H,3-4,9H2,1-2H3,(H3,14,15). The molecule has 17 heavy (non-hydrogen) atoms. The van der Waals surface area contributed by atoms with Crippen molar-refractivity contribution in [2.45, 2.75) is 32.8 Å². The first-order valence-electron chi connectivity index (χ1n) is 5.90. The van der Waals surface area contributed by atoms with Crippen molar-refractivity contribution in [3.05, 3.63) is 24.3 Å². The second-order valence-electron chi connectivity index (χ2n) is 3.79. The van der Waals surface area contributed by atoms with Crippen molar-refractivity contribution in [2.24, 2.45) is 5.73 Å². The maximum absolute atomic E-state index is 7.36. The van der Waals surface area contributed by atoms with Crippen molar-refractivity contribution < 1.29 is 9.47 Å². The first kappa shape index (κ1) is 13.4. The lowest BCUT2D eigenvalue weighted by atomic mass is 10.2. The fourth-order valence-electron chi connectivity index (χ4n) is 1.37. The minimum atomic E-state index is -0.350. The predicted molar refractivity (Wildman–Crippen MR) is 68.8 cm³/mol. The molecule has 0 radical (unpaired) electrons. The van der Waals surface area contributed by atoms with Crippen molar-refractivity contribution in [1.29, 1.82) is 5.41 Å². The third-order valence-corrected chi connectivity index (χ3v) is 2.29. The van der Waals surface area contributed by atoms with Crippen LogP contribution in [-0.4, -0.2) is 18.5 Å². The molecule has 0 aliphatic carbocycles. The van der Waals surface area contributed by atoms with Crippen LogP contribution in [0, 0.1) is 5.41 Å². The number of benzene rings is 1. The summed E-state index contributed by atoms with van der Waals surface area (Å²) >= 11 is 0. The normalized spacial score (nSPS) is 11.9. The molecule has 1 aromatic carbocycles. The number of ether oxygens (including phenoxy) is 2. The van der Waals surface area contributed by atoms with E-state index in [0.29, 0.717) is 18.8 Å². The van der Waals surface area contributed by atoms with Gasteiger partial charge in [-0.3, -0.25) is 5.41 Å². The number of amidine groups is 1. The smallest absolute Gasteiger partial charge is 0.155 e. The van der Waals surface area contributed by atoms with Gasteiger partial charge in [0.25, 0.3) is 0 Å². The van der Waals surface area contributed by atoms with E-state index in [1.807, 2.05) is 31.2 Å². The number of rotatable bonds is 7. The van der Waals surface area contributed by atoms with Crippen LogP contribution in [-0.2, 0) is 0 Å². The second kappa shape index (κ2) is 6.78. The molecule has 0 saturated carbocycles. The molecule has 1 aromatic rings. The van der Waals surface area contributed by atoms with E-state index in [2.05, 4.69) is 6.92 Å². The van der Waals surface area contributed by atoms with Gasteiger partial charge in [-0.25, -0.2) is 0 Å². The van der Waals surface area contributed by atoms with E-state index in [1.165, 1.54) is 0 Å². The van der Waals surface area contributed by atoms with Gasteiger partial charge in [0.05, 0.1) is 6.61 Å². The summed E-state index contributed by atoms with van der Waals surface area (Å²) in [4.78, 5) is 0. The molecular weight excluding hydrogens is 216 g/mol. The molecule has 0 heterocycles. The monoisotopic (exact) mass is 236 g/mol. The zero-order chi connectivity index (χ0) is 12.7. The summed E-state index contributed by atoms with van der Waals surface area (Å²) in [6.07, 6.45) is 1.32. The molecule has 1 unspecified atom stereocenters. The summed E-state index contributed by atoms with van der Waals surface area (Å²) in [5.41, 5.74) is 5.42. The number of hydrogen-bond acceptors (Lipinski definition) is 3. The summed E-state index contributed by atoms with van der Waals surface area (Å²) in [6.45, 7) is 4.71. The van der Waals surface area contributed by atoms with E-state index in [4.69, 9.17) is 20.6 Å². The van der Waals surface area contributed by atoms with Crippen LogP contribution in [0.2, 0.25) is 0 Å². The van der Waals surface area contributed by atoms with Gasteiger partial charge in [0.1, 0.15) is 17.3 Å². The van der Waals surface area contributed by atoms with Gasteiger partial charge >= 0.3 is 0 Å². The van der Waals surface area contributed by atoms with Gasteiger partial charge in [0, 0.05) is 0 Å². The Morgan fingerprint density at radius 1 is 1.24 bits per heavy atom. The molecule has 0 aliphatic rings. The van der Waals surface area contributed by atoms with E-state index >= 15 is 0 Å². The molecule has 0 aromatic heterocycles. The maximum Gasteiger partial charge on any atom is 0.155 e. The van der Waals surface area contributed by atoms with Crippen LogP contribution in [0.5, 0.6) is 11.5 Å². The zero-order valence-corrected chi connectivity index (χ0v) is 10.4. The topological polar surface area (TPSA) is 68.3 Å². The fraction of sp³-hybridized carbons (Fsp3) is 0.462. The minimum Gasteiger partial charge on any atom is -0.494 e. The molecule has 0 amide bonds. The average Bonchev–Trinajstić information content (AvgIpc) is 2.34. The Balaban J connectivity index is 2.58. The van der Waals surface area contributed by atoms with Crippen molar-refractivity contribution >= 4 is 5.84 Å². The molecule has 1 atom stereocenters. The summed E-state index contributed by atoms with van der Waals surface area (Å²) < 4.78 is 11.0. The molecular formula is C13H20N2O2. The van der Waals surface area contributed by atoms with Crippen LogP contribution in [0.3, 0.4) is 0 Å². The fourth-order valence-corrected chi connectivity index (χ4v) is 1.37. The summed E-state index contributed by atoms with van der Waals surface area (Å²) in [5, 5.41) is 7.36. The van der Waals surface area contributed by atoms with E-state index in [0.717, 1.165) is 12.2 Å². The lowest BCUT2D eigenvalue weighted by molar-refractivity contribution is 0.259. The van der Waals surface area contributed by atoms with Crippen LogP contribution < -0.4 is 15.2 Å². The van der Waals surface area contributed by atoms with Gasteiger partial charge in [0.15, 0.2) is 6.10 Å². The molecule has 4 heteroatoms. The first-order chi connectivity index (χ1) is 8.17. The van der Waals surface area contributed by atoms with Gasteiger partial charge in [-0.1, -0.05) is 13.8 Å². The Morgan fingerprint density at radius 3 is 2.29 bits per heavy atom. The number of nitrogens with one attached hydrogen (secondary N) is 1. The molecule has 94 valence electrons. The highest BCUT2D eigenvalue weighted by Gasteiger charge is 2.10. The lowest BCUT2D eigenvalue weighted by Gasteiger charge is -2.16. The second-order valence-corrected chi connectivity index (χ2v) is 3.79. The van der Waals surface area contributed by atoms with Crippen molar-refractivity contribution in [2.75, 3.05) is 6.61 Å². The lowest BCUT2D eigenvalue weighted by Crippen LogP contribution is -2.32. The highest BCUT2D eigenvalue weighted by molar-refractivity contribution is 5.81. The quantitative estimate of drug-likeness (QED) is 0.564. The Bertz CT molecular complexity index is 349. The SMILES string of the molecule is CCCOc1ccc(OC(CC)C(=N)N)cc1. The highest BCUT2D eigenvalue weighted by atomic mass is 16.5. The predicted octanol–water partition coefficient (Wildman–Crippen LogP) is 2.57. The molecule has 0 fully saturated rings. The first-order valence-corrected chi connectivity index (χ1v) is 5.90. The highest BCUT2D eigenvalue weighted by Crippen LogP contribution is 2.19. The molecule has 3 N–H and O–H groups in total. The molecule has 0 spiro atoms. The van der Waals surface area contributed by atoms with Crippen LogP contribution in [0.1, 0.15) is 26.7 Å². The van der Waals surface area contributed by atoms with E-state index < -0.39 is 0 Å². The zero-order valence-electron chi connectivity index (χ0n) is 10.4. The van der Waals surface area contributed by atoms with Crippen LogP contribution in [0.4, 0.5) is 0 Å². The van der Waals surface area contributed by atoms with E-state index in [9.17, 15) is 0 Å². The Morgan fingerprint density at radius 2 is 1.82 bits per heavy atom. The number of hydrogen-bond donors (Lipinski definition) is 2. The third-order valence-electron chi connectivity index (χ3n) is 2.29. The Kier molecular flexibility index (Phi) is 5.33. The van der Waals surface area contributed by atoms with Gasteiger partial charge < -0.3 is 15.2 Å². The molecule has 4 nitrogen and oxygen atoms in total. The Labute approximate surface area is 102 Å². The molecule has 0 saturated heterocycles. The van der Waals surface area contributed by atoms with E-state index in [1.54, 1.807) is 0 Å². The number of nitrogens with two attached hydrogens (primary N) is 1. The Hall–Kier alpha value is -1.71.